The molecule has 0 fully saturated rings. The molecule has 278 valence electrons. The van der Waals surface area contributed by atoms with Crippen molar-refractivity contribution < 1.29 is 4.79 Å². The minimum atomic E-state index is 0.0807. The number of hydrogen-bond donors (Lipinski definition) is 0. The number of pyridine rings is 1. The van der Waals surface area contributed by atoms with Crippen LogP contribution in [-0.2, 0) is 6.42 Å². The van der Waals surface area contributed by atoms with Crippen molar-refractivity contribution in [3.63, 3.8) is 0 Å². The molecule has 0 bridgehead atoms. The average molecular weight is 725 g/mol. The lowest BCUT2D eigenvalue weighted by atomic mass is 9.89. The number of amides is 1. The van der Waals surface area contributed by atoms with Gasteiger partial charge in [0, 0.05) is 43.7 Å². The first-order valence-corrected chi connectivity index (χ1v) is 21.8. The van der Waals surface area contributed by atoms with Crippen LogP contribution in [0.5, 0.6) is 0 Å². The van der Waals surface area contributed by atoms with Gasteiger partial charge in [0.05, 0.1) is 16.8 Å². The van der Waals surface area contributed by atoms with Gasteiger partial charge in [-0.1, -0.05) is 146 Å². The fourth-order valence-corrected chi connectivity index (χ4v) is 9.74. The van der Waals surface area contributed by atoms with Crippen molar-refractivity contribution in [3.8, 4) is 10.4 Å². The van der Waals surface area contributed by atoms with Crippen molar-refractivity contribution in [3.05, 3.63) is 104 Å². The van der Waals surface area contributed by atoms with Crippen molar-refractivity contribution in [1.82, 2.24) is 9.30 Å². The third-order valence-corrected chi connectivity index (χ3v) is 12.9. The first-order chi connectivity index (χ1) is 25.9. The molecule has 0 radical (unpaired) electrons. The fraction of sp³-hybridized carbons (Fsp3) is 0.449. The fourth-order valence-electron chi connectivity index (χ4n) is 8.88. The molecule has 2 aliphatic heterocycles. The number of benzene rings is 2. The number of nitrogens with zero attached hydrogens (tertiary/aromatic N) is 2. The highest BCUT2D eigenvalue weighted by Gasteiger charge is 2.37. The lowest BCUT2D eigenvalue weighted by molar-refractivity contribution is 0.0889. The van der Waals surface area contributed by atoms with Gasteiger partial charge in [-0.05, 0) is 85.4 Å². The highest BCUT2D eigenvalue weighted by atomic mass is 32.1. The molecule has 5 heterocycles. The number of thiophene rings is 1. The summed E-state index contributed by atoms with van der Waals surface area (Å²) < 4.78 is 2.26. The molecule has 3 nitrogen and oxygen atoms in total. The van der Waals surface area contributed by atoms with Gasteiger partial charge in [0.1, 0.15) is 0 Å². The molecule has 53 heavy (non-hydrogen) atoms. The molecule has 0 saturated carbocycles. The number of unbranched alkanes of at least 4 members (excludes halogenated alkanes) is 14. The molecule has 0 aliphatic carbocycles. The zero-order valence-corrected chi connectivity index (χ0v) is 33.7. The maximum absolute atomic E-state index is 14.8. The minimum absolute atomic E-state index is 0.0807. The van der Waals surface area contributed by atoms with Crippen LogP contribution in [0.15, 0.2) is 60.9 Å². The summed E-state index contributed by atoms with van der Waals surface area (Å²) in [5, 5.41) is 4.37. The third kappa shape index (κ3) is 7.72. The van der Waals surface area contributed by atoms with Crippen LogP contribution in [0.4, 0.5) is 0 Å². The standard InChI is InChI=1S/C49H60N2OS/c1-6-8-10-12-14-16-18-20-22-38-32-50-36(5)45-46(48(50)40-27-24-34(3)30-42(38)40)49(52)51-33-39(23-21-19-17-15-13-11-9-7-2)43-31-37(26-28-41(43)47(45)51)44-29-25-35(4)53-44/h24-33H,5-23H2,1-4H3. The van der Waals surface area contributed by atoms with E-state index in [2.05, 4.69) is 93.0 Å². The van der Waals surface area contributed by atoms with Crippen LogP contribution < -0.4 is 10.6 Å². The summed E-state index contributed by atoms with van der Waals surface area (Å²) in [7, 11) is 0. The Hall–Kier alpha value is -3.89. The van der Waals surface area contributed by atoms with Crippen molar-refractivity contribution in [2.75, 3.05) is 0 Å². The van der Waals surface area contributed by atoms with Gasteiger partial charge in [0.15, 0.2) is 0 Å². The van der Waals surface area contributed by atoms with Crippen LogP contribution in [0.2, 0.25) is 0 Å². The molecule has 4 heteroatoms. The maximum atomic E-state index is 14.8. The molecule has 2 aliphatic rings. The Bertz CT molecular complexity index is 2250. The van der Waals surface area contributed by atoms with Crippen LogP contribution in [0.1, 0.15) is 160 Å². The summed E-state index contributed by atoms with van der Waals surface area (Å²) in [6.07, 6.45) is 27.3. The van der Waals surface area contributed by atoms with Gasteiger partial charge in [-0.25, -0.2) is 0 Å². The van der Waals surface area contributed by atoms with E-state index in [4.69, 9.17) is 6.58 Å². The number of rotatable bonds is 19. The van der Waals surface area contributed by atoms with Gasteiger partial charge < -0.3 is 4.40 Å². The van der Waals surface area contributed by atoms with Crippen molar-refractivity contribution in [2.24, 2.45) is 0 Å². The average Bonchev–Trinajstić information content (AvgIpc) is 3.82. The van der Waals surface area contributed by atoms with Gasteiger partial charge in [0.25, 0.3) is 5.91 Å². The smallest absolute Gasteiger partial charge is 0.265 e. The summed E-state index contributed by atoms with van der Waals surface area (Å²) in [4.78, 5) is 19.4. The first-order valence-electron chi connectivity index (χ1n) is 21.0. The van der Waals surface area contributed by atoms with E-state index in [0.29, 0.717) is 0 Å². The van der Waals surface area contributed by atoms with Crippen molar-refractivity contribution in [2.45, 2.75) is 143 Å². The van der Waals surface area contributed by atoms with Crippen molar-refractivity contribution >= 4 is 51.4 Å². The van der Waals surface area contributed by atoms with Crippen molar-refractivity contribution in [1.29, 1.82) is 0 Å². The zero-order chi connectivity index (χ0) is 36.9. The van der Waals surface area contributed by atoms with Crippen LogP contribution in [0, 0.1) is 13.8 Å². The van der Waals surface area contributed by atoms with Gasteiger partial charge in [-0.15, -0.1) is 11.3 Å². The zero-order valence-electron chi connectivity index (χ0n) is 32.9. The predicted molar refractivity (Wildman–Crippen MR) is 229 cm³/mol. The maximum Gasteiger partial charge on any atom is 0.265 e. The number of aryl methyl sites for hydroxylation is 3. The second-order valence-electron chi connectivity index (χ2n) is 15.9. The normalized spacial score (nSPS) is 13.7. The monoisotopic (exact) mass is 724 g/mol. The number of aromatic nitrogens is 1. The molecule has 3 aromatic heterocycles. The quantitative estimate of drug-likeness (QED) is 0.0778. The molecule has 0 spiro atoms. The molecule has 1 amide bonds. The Balaban J connectivity index is 1.26. The molecule has 0 unspecified atom stereocenters. The van der Waals surface area contributed by atoms with Crippen LogP contribution >= 0.6 is 11.3 Å². The summed E-state index contributed by atoms with van der Waals surface area (Å²) in [6, 6.07) is 18.2. The Morgan fingerprint density at radius 2 is 1.34 bits per heavy atom. The van der Waals surface area contributed by atoms with Gasteiger partial charge in [-0.3, -0.25) is 9.69 Å². The lowest BCUT2D eigenvalue weighted by Gasteiger charge is -2.28. The van der Waals surface area contributed by atoms with Crippen LogP contribution in [0.25, 0.3) is 44.6 Å². The molecule has 5 aromatic rings. The van der Waals surface area contributed by atoms with Gasteiger partial charge in [0.2, 0.25) is 0 Å². The van der Waals surface area contributed by atoms with E-state index >= 15 is 0 Å². The Labute approximate surface area is 322 Å². The van der Waals surface area contributed by atoms with E-state index in [1.165, 1.54) is 145 Å². The van der Waals surface area contributed by atoms with Crippen LogP contribution in [-0.4, -0.2) is 15.2 Å². The number of hydrogen-bond acceptors (Lipinski definition) is 2. The van der Waals surface area contributed by atoms with E-state index in [1.807, 2.05) is 16.2 Å². The SMILES string of the molecule is C=c1c2c(c3c4ccc(C)cc4c(CCCCCCCCCC)cn13)C(=O)N1C=C(CCCCCCCCCC)c3cc(-c4ccc(C)s4)ccc3C=21. The molecule has 7 rings (SSSR count). The molecular formula is C49H60N2OS. The van der Waals surface area contributed by atoms with E-state index in [9.17, 15) is 4.79 Å². The summed E-state index contributed by atoms with van der Waals surface area (Å²) in [5.74, 6) is 0.0807. The van der Waals surface area contributed by atoms with E-state index in [1.54, 1.807) is 0 Å². The summed E-state index contributed by atoms with van der Waals surface area (Å²) in [5.41, 5.74) is 10.4. The number of allylic oxidation sites excluding steroid dienone is 1. The molecule has 0 atom stereocenters. The molecule has 0 N–H and O–H groups in total. The number of carbonyl (C=O) groups excluding carboxylic acids is 1. The van der Waals surface area contributed by atoms with Gasteiger partial charge >= 0.3 is 0 Å². The van der Waals surface area contributed by atoms with Gasteiger partial charge in [-0.2, -0.15) is 0 Å². The topological polar surface area (TPSA) is 24.7 Å². The Kier molecular flexibility index (Phi) is 12.0. The lowest BCUT2D eigenvalue weighted by Crippen LogP contribution is -2.30. The molecule has 0 saturated heterocycles. The summed E-state index contributed by atoms with van der Waals surface area (Å²) in [6.45, 7) is 13.6. The number of carbonyl (C=O) groups is 1. The predicted octanol–water partition coefficient (Wildman–Crippen LogP) is 13.0. The second-order valence-corrected chi connectivity index (χ2v) is 17.2. The minimum Gasteiger partial charge on any atom is -0.315 e. The summed E-state index contributed by atoms with van der Waals surface area (Å²) >= 11 is 1.85. The highest BCUT2D eigenvalue weighted by Crippen LogP contribution is 2.42. The van der Waals surface area contributed by atoms with Crippen LogP contribution in [0.3, 0.4) is 0 Å². The Morgan fingerprint density at radius 1 is 0.679 bits per heavy atom. The largest absolute Gasteiger partial charge is 0.315 e. The second kappa shape index (κ2) is 17.1. The molecule has 2 aromatic carbocycles. The van der Waals surface area contributed by atoms with E-state index in [0.717, 1.165) is 52.2 Å². The number of fused-ring (bicyclic) bond motifs is 8. The first kappa shape index (κ1) is 37.4. The van der Waals surface area contributed by atoms with E-state index in [-0.39, 0.29) is 5.91 Å². The van der Waals surface area contributed by atoms with E-state index < -0.39 is 0 Å². The highest BCUT2D eigenvalue weighted by molar-refractivity contribution is 7.15. The third-order valence-electron chi connectivity index (χ3n) is 11.8. The molecular weight excluding hydrogens is 665 g/mol. The Morgan fingerprint density at radius 3 is 2.00 bits per heavy atom.